The van der Waals surface area contributed by atoms with Gasteiger partial charge in [0.2, 0.25) is 11.6 Å². The Kier molecular flexibility index (Phi) is 8.49. The molecule has 0 N–H and O–H groups in total. The number of hydrogen-bond acceptors (Lipinski definition) is 8. The van der Waals surface area contributed by atoms with Crippen molar-refractivity contribution in [1.29, 1.82) is 0 Å². The van der Waals surface area contributed by atoms with Crippen molar-refractivity contribution in [1.82, 2.24) is 9.80 Å². The molecule has 2 saturated heterocycles. The minimum atomic E-state index is -1.04. The number of esters is 2. The van der Waals surface area contributed by atoms with Gasteiger partial charge in [0.15, 0.2) is 0 Å². The minimum absolute atomic E-state index is 0.0517. The highest BCUT2D eigenvalue weighted by molar-refractivity contribution is 6.42. The molecule has 0 aromatic rings. The third-order valence-electron chi connectivity index (χ3n) is 5.18. The average molecular weight is 424 g/mol. The van der Waals surface area contributed by atoms with Crippen LogP contribution in [0.15, 0.2) is 0 Å². The number of ether oxygens (including phenoxy) is 2. The van der Waals surface area contributed by atoms with Gasteiger partial charge < -0.3 is 19.3 Å². The first-order valence-electron chi connectivity index (χ1n) is 10.3. The second kappa shape index (κ2) is 10.8. The minimum Gasteiger partial charge on any atom is -0.465 e. The maximum Gasteiger partial charge on any atom is 0.318 e. The lowest BCUT2D eigenvalue weighted by atomic mass is 10.1. The number of nitrogens with zero attached hydrogens (tertiary/aromatic N) is 2. The monoisotopic (exact) mass is 424 g/mol. The Bertz CT molecular complexity index is 660. The molecule has 30 heavy (non-hydrogen) atoms. The van der Waals surface area contributed by atoms with Gasteiger partial charge in [-0.05, 0) is 26.7 Å². The van der Waals surface area contributed by atoms with E-state index in [1.54, 1.807) is 13.8 Å². The van der Waals surface area contributed by atoms with Crippen LogP contribution in [0.25, 0.3) is 0 Å². The summed E-state index contributed by atoms with van der Waals surface area (Å²) in [5, 5.41) is 0. The van der Waals surface area contributed by atoms with E-state index in [9.17, 15) is 28.8 Å². The zero-order valence-electron chi connectivity index (χ0n) is 17.4. The Hall–Kier alpha value is -2.78. The second-order valence-corrected chi connectivity index (χ2v) is 7.25. The molecule has 0 spiro atoms. The topological polar surface area (TPSA) is 127 Å². The lowest BCUT2D eigenvalue weighted by Gasteiger charge is -2.16. The molecule has 0 aromatic heterocycles. The fraction of sp³-hybridized carbons (Fsp3) is 0.700. The number of unbranched alkanes of at least 4 members (excludes halogenated alkanes) is 3. The molecule has 0 unspecified atom stereocenters. The summed E-state index contributed by atoms with van der Waals surface area (Å²) in [6, 6.07) is 0. The standard InChI is InChI=1S/C20H28N2O8/c1-3-29-19(27)13-11-21(17(25)15(13)23)9-7-5-6-8-10-22-12-14(16(24)18(22)26)20(28)30-4-2/h13-14H,3-12H2,1-2H3/t13-,14+. The maximum absolute atomic E-state index is 12.0. The molecule has 2 amide bonds. The van der Waals surface area contributed by atoms with E-state index < -0.39 is 47.2 Å². The van der Waals surface area contributed by atoms with Gasteiger partial charge in [0.25, 0.3) is 11.8 Å². The molecular formula is C20H28N2O8. The molecule has 10 heteroatoms. The van der Waals surface area contributed by atoms with Crippen LogP contribution in [0.2, 0.25) is 0 Å². The van der Waals surface area contributed by atoms with Crippen LogP contribution in [-0.4, -0.2) is 84.5 Å². The third-order valence-corrected chi connectivity index (χ3v) is 5.18. The van der Waals surface area contributed by atoms with Crippen LogP contribution < -0.4 is 0 Å². The first-order chi connectivity index (χ1) is 14.3. The van der Waals surface area contributed by atoms with Gasteiger partial charge in [-0.2, -0.15) is 0 Å². The zero-order valence-corrected chi connectivity index (χ0v) is 17.4. The van der Waals surface area contributed by atoms with E-state index in [-0.39, 0.29) is 26.3 Å². The van der Waals surface area contributed by atoms with Gasteiger partial charge in [-0.25, -0.2) is 0 Å². The fourth-order valence-electron chi connectivity index (χ4n) is 3.58. The molecule has 0 bridgehead atoms. The summed E-state index contributed by atoms with van der Waals surface area (Å²) >= 11 is 0. The van der Waals surface area contributed by atoms with E-state index >= 15 is 0 Å². The Morgan fingerprint density at radius 2 is 1.10 bits per heavy atom. The molecular weight excluding hydrogens is 396 g/mol. The normalized spacial score (nSPS) is 21.5. The highest BCUT2D eigenvalue weighted by Crippen LogP contribution is 2.19. The molecule has 166 valence electrons. The molecule has 2 fully saturated rings. The Labute approximate surface area is 174 Å². The highest BCUT2D eigenvalue weighted by atomic mass is 16.5. The summed E-state index contributed by atoms with van der Waals surface area (Å²) < 4.78 is 9.66. The van der Waals surface area contributed by atoms with Crippen molar-refractivity contribution in [2.24, 2.45) is 11.8 Å². The van der Waals surface area contributed by atoms with E-state index in [0.29, 0.717) is 25.9 Å². The average Bonchev–Trinajstić information content (AvgIpc) is 3.16. The summed E-state index contributed by atoms with van der Waals surface area (Å²) in [6.07, 6.45) is 2.79. The molecule has 10 nitrogen and oxygen atoms in total. The van der Waals surface area contributed by atoms with Crippen LogP contribution in [0, 0.1) is 11.8 Å². The molecule has 2 aliphatic rings. The predicted octanol–water partition coefficient (Wildman–Crippen LogP) is -0.272. The van der Waals surface area contributed by atoms with E-state index in [1.807, 2.05) is 0 Å². The number of hydrogen-bond donors (Lipinski definition) is 0. The third kappa shape index (κ3) is 5.43. The molecule has 2 atom stereocenters. The molecule has 0 aromatic carbocycles. The number of rotatable bonds is 11. The number of ketones is 2. The number of Topliss-reactive ketones (excluding diaryl/α,β-unsaturated/α-hetero) is 2. The largest absolute Gasteiger partial charge is 0.465 e. The van der Waals surface area contributed by atoms with Gasteiger partial charge in [0.05, 0.1) is 13.2 Å². The van der Waals surface area contributed by atoms with E-state index in [1.165, 1.54) is 9.80 Å². The number of carbonyl (C=O) groups excluding carboxylic acids is 6. The number of amides is 2. The second-order valence-electron chi connectivity index (χ2n) is 7.25. The molecule has 0 aliphatic carbocycles. The van der Waals surface area contributed by atoms with Crippen LogP contribution in [0.4, 0.5) is 0 Å². The smallest absolute Gasteiger partial charge is 0.318 e. The van der Waals surface area contributed by atoms with Crippen LogP contribution in [0.3, 0.4) is 0 Å². The SMILES string of the molecule is CCOC(=O)[C@H]1CN(CCCCCCN2C[C@@H](C(=O)OCC)C(=O)C2=O)C(=O)C1=O. The first-order valence-corrected chi connectivity index (χ1v) is 10.3. The van der Waals surface area contributed by atoms with E-state index in [2.05, 4.69) is 0 Å². The van der Waals surface area contributed by atoms with Crippen molar-refractivity contribution >= 4 is 35.3 Å². The van der Waals surface area contributed by atoms with Gasteiger partial charge in [-0.15, -0.1) is 0 Å². The van der Waals surface area contributed by atoms with Crippen LogP contribution in [-0.2, 0) is 38.2 Å². The van der Waals surface area contributed by atoms with Crippen LogP contribution in [0.5, 0.6) is 0 Å². The molecule has 0 saturated carbocycles. The van der Waals surface area contributed by atoms with Crippen LogP contribution in [0.1, 0.15) is 39.5 Å². The van der Waals surface area contributed by atoms with Gasteiger partial charge in [0.1, 0.15) is 11.8 Å². The summed E-state index contributed by atoms with van der Waals surface area (Å²) in [7, 11) is 0. The van der Waals surface area contributed by atoms with Crippen molar-refractivity contribution in [3.05, 3.63) is 0 Å². The summed E-state index contributed by atoms with van der Waals surface area (Å²) in [5.41, 5.74) is 0. The zero-order chi connectivity index (χ0) is 22.3. The summed E-state index contributed by atoms with van der Waals surface area (Å²) in [5.74, 6) is -6.15. The number of likely N-dealkylation sites (tertiary alicyclic amines) is 2. The van der Waals surface area contributed by atoms with Crippen molar-refractivity contribution in [2.45, 2.75) is 39.5 Å². The fourth-order valence-corrected chi connectivity index (χ4v) is 3.58. The molecule has 2 heterocycles. The lowest BCUT2D eigenvalue weighted by Crippen LogP contribution is -2.29. The molecule has 2 rings (SSSR count). The Morgan fingerprint density at radius 1 is 0.733 bits per heavy atom. The van der Waals surface area contributed by atoms with Crippen molar-refractivity contribution in [3.63, 3.8) is 0 Å². The quantitative estimate of drug-likeness (QED) is 0.192. The molecule has 0 radical (unpaired) electrons. The lowest BCUT2D eigenvalue weighted by molar-refractivity contribution is -0.152. The van der Waals surface area contributed by atoms with Crippen molar-refractivity contribution in [2.75, 3.05) is 39.4 Å². The Morgan fingerprint density at radius 3 is 1.43 bits per heavy atom. The number of carbonyl (C=O) groups is 6. The molecule has 2 aliphatic heterocycles. The van der Waals surface area contributed by atoms with Gasteiger partial charge in [0, 0.05) is 26.2 Å². The van der Waals surface area contributed by atoms with E-state index in [0.717, 1.165) is 12.8 Å². The predicted molar refractivity (Wildman–Crippen MR) is 102 cm³/mol. The Balaban J connectivity index is 1.67. The van der Waals surface area contributed by atoms with Gasteiger partial charge >= 0.3 is 11.9 Å². The van der Waals surface area contributed by atoms with Gasteiger partial charge in [-0.3, -0.25) is 28.8 Å². The van der Waals surface area contributed by atoms with Crippen molar-refractivity contribution in [3.8, 4) is 0 Å². The summed E-state index contributed by atoms with van der Waals surface area (Å²) in [4.78, 5) is 73.9. The first kappa shape index (κ1) is 23.5. The maximum atomic E-state index is 12.0. The van der Waals surface area contributed by atoms with Crippen molar-refractivity contribution < 1.29 is 38.2 Å². The highest BCUT2D eigenvalue weighted by Gasteiger charge is 2.44. The van der Waals surface area contributed by atoms with Crippen LogP contribution >= 0.6 is 0 Å². The van der Waals surface area contributed by atoms with Gasteiger partial charge in [-0.1, -0.05) is 12.8 Å². The van der Waals surface area contributed by atoms with E-state index in [4.69, 9.17) is 9.47 Å². The summed E-state index contributed by atoms with van der Waals surface area (Å²) in [6.45, 7) is 4.43.